The standard InChI is InChI=1S/C34H47NO5/c1-5-6-8-15-28(40-34(37)35(3)4)17-18-29-24(2)19-27-21-31-26(20-30(27)29)14-11-16-32(31)38-23-33(36)39-22-25-12-9-7-10-13-25/h7,9-14,16,24,27-30H,5-6,8,15,17-23H2,1-4H3/t24-,27-,28+,29+,30+/m1/s1. The normalized spacial score (nSPS) is 22.1. The monoisotopic (exact) mass is 549 g/mol. The number of rotatable bonds is 13. The predicted molar refractivity (Wildman–Crippen MR) is 157 cm³/mol. The number of nitrogens with zero attached hydrogens (tertiary/aromatic N) is 1. The first-order chi connectivity index (χ1) is 19.4. The van der Waals surface area contributed by atoms with Crippen molar-refractivity contribution in [2.45, 2.75) is 84.3 Å². The molecule has 40 heavy (non-hydrogen) atoms. The van der Waals surface area contributed by atoms with E-state index >= 15 is 0 Å². The number of unbranched alkanes of at least 4 members (excludes halogenated alkanes) is 2. The van der Waals surface area contributed by atoms with Crippen LogP contribution in [0, 0.1) is 23.7 Å². The highest BCUT2D eigenvalue weighted by Gasteiger charge is 2.43. The highest BCUT2D eigenvalue weighted by molar-refractivity contribution is 5.71. The van der Waals surface area contributed by atoms with Crippen LogP contribution in [0.5, 0.6) is 5.75 Å². The Morgan fingerprint density at radius 3 is 2.55 bits per heavy atom. The van der Waals surface area contributed by atoms with E-state index in [1.165, 1.54) is 28.9 Å². The maximum atomic E-state index is 12.4. The number of fused-ring (bicyclic) bond motifs is 2. The minimum Gasteiger partial charge on any atom is -0.482 e. The van der Waals surface area contributed by atoms with Crippen LogP contribution in [0.3, 0.4) is 0 Å². The molecule has 0 saturated heterocycles. The predicted octanol–water partition coefficient (Wildman–Crippen LogP) is 7.22. The molecule has 2 aliphatic carbocycles. The lowest BCUT2D eigenvalue weighted by Gasteiger charge is -2.33. The lowest BCUT2D eigenvalue weighted by atomic mass is 9.73. The average Bonchev–Trinajstić information content (AvgIpc) is 3.26. The molecule has 0 unspecified atom stereocenters. The zero-order chi connectivity index (χ0) is 28.5. The van der Waals surface area contributed by atoms with Gasteiger partial charge < -0.3 is 19.1 Å². The number of hydrogen-bond acceptors (Lipinski definition) is 5. The highest BCUT2D eigenvalue weighted by Crippen LogP contribution is 2.51. The van der Waals surface area contributed by atoms with Crippen molar-refractivity contribution < 1.29 is 23.8 Å². The molecule has 5 atom stereocenters. The SMILES string of the molecule is CCCCC[C@@H](CC[C@@H]1[C@H]2Cc3cccc(OCC(=O)OCc4ccccc4)c3C[C@H]2C[C@H]1C)OC(=O)N(C)C. The van der Waals surface area contributed by atoms with Crippen LogP contribution in [0.15, 0.2) is 48.5 Å². The van der Waals surface area contributed by atoms with Gasteiger partial charge in [-0.25, -0.2) is 9.59 Å². The van der Waals surface area contributed by atoms with Crippen LogP contribution in [0.4, 0.5) is 4.79 Å². The highest BCUT2D eigenvalue weighted by atomic mass is 16.6. The van der Waals surface area contributed by atoms with E-state index < -0.39 is 0 Å². The van der Waals surface area contributed by atoms with Crippen LogP contribution in [-0.4, -0.2) is 43.8 Å². The lowest BCUT2D eigenvalue weighted by Crippen LogP contribution is -2.30. The molecule has 0 bridgehead atoms. The Kier molecular flexibility index (Phi) is 10.9. The molecule has 0 aromatic heterocycles. The average molecular weight is 550 g/mol. The van der Waals surface area contributed by atoms with Crippen molar-refractivity contribution in [1.82, 2.24) is 4.90 Å². The van der Waals surface area contributed by atoms with E-state index in [0.717, 1.165) is 56.3 Å². The Balaban J connectivity index is 1.34. The van der Waals surface area contributed by atoms with Crippen LogP contribution in [0.2, 0.25) is 0 Å². The Morgan fingerprint density at radius 1 is 1.00 bits per heavy atom. The van der Waals surface area contributed by atoms with E-state index in [1.54, 1.807) is 14.1 Å². The molecule has 1 saturated carbocycles. The largest absolute Gasteiger partial charge is 0.482 e. The smallest absolute Gasteiger partial charge is 0.409 e. The number of hydrogen-bond donors (Lipinski definition) is 0. The molecule has 2 aromatic carbocycles. The number of ether oxygens (including phenoxy) is 3. The van der Waals surface area contributed by atoms with Crippen molar-refractivity contribution in [3.05, 3.63) is 65.2 Å². The summed E-state index contributed by atoms with van der Waals surface area (Å²) < 4.78 is 17.3. The third-order valence-electron chi connectivity index (χ3n) is 8.89. The van der Waals surface area contributed by atoms with Gasteiger partial charge in [0.05, 0.1) is 0 Å². The minimum atomic E-state index is -0.354. The number of carbonyl (C=O) groups excluding carboxylic acids is 2. The second-order valence-electron chi connectivity index (χ2n) is 12.0. The fourth-order valence-electron chi connectivity index (χ4n) is 6.76. The molecule has 0 aliphatic heterocycles. The third-order valence-corrected chi connectivity index (χ3v) is 8.89. The van der Waals surface area contributed by atoms with E-state index in [4.69, 9.17) is 14.2 Å². The van der Waals surface area contributed by atoms with E-state index in [2.05, 4.69) is 19.9 Å². The van der Waals surface area contributed by atoms with Gasteiger partial charge in [0.1, 0.15) is 18.5 Å². The van der Waals surface area contributed by atoms with Crippen molar-refractivity contribution in [1.29, 1.82) is 0 Å². The van der Waals surface area contributed by atoms with E-state index in [-0.39, 0.29) is 31.4 Å². The Morgan fingerprint density at radius 2 is 1.80 bits per heavy atom. The van der Waals surface area contributed by atoms with Gasteiger partial charge >= 0.3 is 12.1 Å². The van der Waals surface area contributed by atoms with Crippen molar-refractivity contribution in [2.75, 3.05) is 20.7 Å². The molecule has 6 nitrogen and oxygen atoms in total. The van der Waals surface area contributed by atoms with Crippen LogP contribution < -0.4 is 4.74 Å². The molecule has 0 radical (unpaired) electrons. The topological polar surface area (TPSA) is 65.1 Å². The lowest BCUT2D eigenvalue weighted by molar-refractivity contribution is -0.147. The summed E-state index contributed by atoms with van der Waals surface area (Å²) in [5.74, 6) is 2.98. The van der Waals surface area contributed by atoms with Gasteiger partial charge in [-0.2, -0.15) is 0 Å². The summed E-state index contributed by atoms with van der Waals surface area (Å²) in [7, 11) is 3.50. The van der Waals surface area contributed by atoms with Crippen LogP contribution in [0.1, 0.15) is 75.5 Å². The van der Waals surface area contributed by atoms with Crippen LogP contribution in [0.25, 0.3) is 0 Å². The molecule has 1 fully saturated rings. The zero-order valence-electron chi connectivity index (χ0n) is 24.8. The first-order valence-corrected chi connectivity index (χ1v) is 15.2. The molecular weight excluding hydrogens is 502 g/mol. The summed E-state index contributed by atoms with van der Waals surface area (Å²) in [6, 6.07) is 15.9. The molecule has 2 aromatic rings. The summed E-state index contributed by atoms with van der Waals surface area (Å²) in [6.07, 6.45) is 9.41. The van der Waals surface area contributed by atoms with Gasteiger partial charge in [0.25, 0.3) is 0 Å². The molecule has 1 amide bonds. The van der Waals surface area contributed by atoms with Crippen molar-refractivity contribution in [3.63, 3.8) is 0 Å². The fraction of sp³-hybridized carbons (Fsp3) is 0.588. The third kappa shape index (κ3) is 8.02. The Bertz CT molecular complexity index is 1100. The van der Waals surface area contributed by atoms with Crippen molar-refractivity contribution >= 4 is 12.1 Å². The molecule has 0 heterocycles. The fourth-order valence-corrected chi connectivity index (χ4v) is 6.76. The van der Waals surface area contributed by atoms with Crippen LogP contribution >= 0.6 is 0 Å². The van der Waals surface area contributed by atoms with Gasteiger partial charge in [-0.1, -0.05) is 69.2 Å². The van der Waals surface area contributed by atoms with Crippen molar-refractivity contribution in [2.24, 2.45) is 23.7 Å². The summed E-state index contributed by atoms with van der Waals surface area (Å²) in [5, 5.41) is 0. The second-order valence-corrected chi connectivity index (χ2v) is 12.0. The molecular formula is C34H47NO5. The first kappa shape index (κ1) is 30.0. The second kappa shape index (κ2) is 14.6. The zero-order valence-corrected chi connectivity index (χ0v) is 24.8. The molecule has 218 valence electrons. The summed E-state index contributed by atoms with van der Waals surface area (Å²) in [4.78, 5) is 26.2. The van der Waals surface area contributed by atoms with Crippen molar-refractivity contribution in [3.8, 4) is 5.75 Å². The number of esters is 1. The first-order valence-electron chi connectivity index (χ1n) is 15.2. The number of benzene rings is 2. The van der Waals surface area contributed by atoms with E-state index in [9.17, 15) is 9.59 Å². The molecule has 0 spiro atoms. The molecule has 6 heteroatoms. The van der Waals surface area contributed by atoms with E-state index in [0.29, 0.717) is 23.7 Å². The summed E-state index contributed by atoms with van der Waals surface area (Å²) in [6.45, 7) is 4.77. The summed E-state index contributed by atoms with van der Waals surface area (Å²) >= 11 is 0. The maximum absolute atomic E-state index is 12.4. The van der Waals surface area contributed by atoms with E-state index in [1.807, 2.05) is 42.5 Å². The Hall–Kier alpha value is -3.02. The van der Waals surface area contributed by atoms with Gasteiger partial charge in [-0.15, -0.1) is 0 Å². The van der Waals surface area contributed by atoms with Gasteiger partial charge in [0.2, 0.25) is 0 Å². The quantitative estimate of drug-likeness (QED) is 0.195. The molecule has 2 aliphatic rings. The minimum absolute atomic E-state index is 0.00905. The van der Waals surface area contributed by atoms with Gasteiger partial charge in [0, 0.05) is 14.1 Å². The van der Waals surface area contributed by atoms with Gasteiger partial charge in [-0.3, -0.25) is 0 Å². The van der Waals surface area contributed by atoms with Gasteiger partial charge in [0.15, 0.2) is 6.61 Å². The molecule has 0 N–H and O–H groups in total. The number of amides is 1. The number of carbonyl (C=O) groups is 2. The maximum Gasteiger partial charge on any atom is 0.409 e. The molecule has 4 rings (SSSR count). The summed E-state index contributed by atoms with van der Waals surface area (Å²) in [5.41, 5.74) is 3.56. The van der Waals surface area contributed by atoms with Crippen LogP contribution in [-0.2, 0) is 33.7 Å². The van der Waals surface area contributed by atoms with Gasteiger partial charge in [-0.05, 0) is 91.4 Å². The Labute approximate surface area is 240 Å².